The molecule has 1 N–H and O–H groups in total. The molecule has 112 valence electrons. The lowest BCUT2D eigenvalue weighted by molar-refractivity contribution is 0.414. The molecule has 0 radical (unpaired) electrons. The first-order valence-electron chi connectivity index (χ1n) is 6.45. The second-order valence-electron chi connectivity index (χ2n) is 4.62. The molecule has 0 heterocycles. The van der Waals surface area contributed by atoms with Crippen LogP contribution in [0.2, 0.25) is 5.02 Å². The summed E-state index contributed by atoms with van der Waals surface area (Å²) in [5, 5.41) is 4.00. The Hall–Kier alpha value is -1.39. The minimum atomic E-state index is 0.608. The molecule has 0 spiro atoms. The van der Waals surface area contributed by atoms with Crippen molar-refractivity contribution in [2.24, 2.45) is 0 Å². The van der Waals surface area contributed by atoms with Crippen molar-refractivity contribution in [1.29, 1.82) is 0 Å². The van der Waals surface area contributed by atoms with Gasteiger partial charge in [-0.25, -0.2) is 0 Å². The van der Waals surface area contributed by atoms with E-state index in [0.717, 1.165) is 27.0 Å². The highest BCUT2D eigenvalue weighted by atomic mass is 79.9. The van der Waals surface area contributed by atoms with E-state index in [9.17, 15) is 0 Å². The van der Waals surface area contributed by atoms with Gasteiger partial charge in [-0.05, 0) is 42.3 Å². The van der Waals surface area contributed by atoms with Gasteiger partial charge in [0.25, 0.3) is 0 Å². The van der Waals surface area contributed by atoms with E-state index in [1.165, 1.54) is 0 Å². The van der Waals surface area contributed by atoms with Crippen LogP contribution < -0.4 is 14.8 Å². The zero-order chi connectivity index (χ0) is 15.4. The van der Waals surface area contributed by atoms with Gasteiger partial charge in [0, 0.05) is 11.0 Å². The Morgan fingerprint density at radius 3 is 2.43 bits per heavy atom. The van der Waals surface area contributed by atoms with Crippen LogP contribution in [0.5, 0.6) is 11.5 Å². The first kappa shape index (κ1) is 16.0. The van der Waals surface area contributed by atoms with E-state index in [2.05, 4.69) is 21.2 Å². The molecule has 0 unspecified atom stereocenters. The monoisotopic (exact) mass is 369 g/mol. The number of methoxy groups -OCH3 is 2. The summed E-state index contributed by atoms with van der Waals surface area (Å²) in [6.07, 6.45) is 0. The Balaban J connectivity index is 2.18. The van der Waals surface area contributed by atoms with Gasteiger partial charge >= 0.3 is 0 Å². The number of hydrogen-bond donors (Lipinski definition) is 1. The number of aryl methyl sites for hydroxylation is 1. The number of nitrogens with one attached hydrogen (secondary N) is 1. The number of anilines is 1. The summed E-state index contributed by atoms with van der Waals surface area (Å²) in [4.78, 5) is 0. The molecule has 5 heteroatoms. The van der Waals surface area contributed by atoms with Crippen LogP contribution in [0.4, 0.5) is 5.69 Å². The van der Waals surface area contributed by atoms with Crippen molar-refractivity contribution >= 4 is 33.2 Å². The first-order chi connectivity index (χ1) is 10.0. The number of ether oxygens (including phenoxy) is 2. The molecule has 2 aromatic carbocycles. The average Bonchev–Trinajstić information content (AvgIpc) is 2.45. The van der Waals surface area contributed by atoms with Gasteiger partial charge in [0.15, 0.2) is 0 Å². The maximum absolute atomic E-state index is 6.14. The van der Waals surface area contributed by atoms with Crippen LogP contribution in [0.15, 0.2) is 34.8 Å². The Morgan fingerprint density at radius 2 is 1.81 bits per heavy atom. The number of hydrogen-bond acceptors (Lipinski definition) is 3. The summed E-state index contributed by atoms with van der Waals surface area (Å²) in [5.74, 6) is 1.49. The molecule has 2 rings (SSSR count). The Morgan fingerprint density at radius 1 is 1.10 bits per heavy atom. The summed E-state index contributed by atoms with van der Waals surface area (Å²) in [6, 6.07) is 9.74. The number of benzene rings is 2. The van der Waals surface area contributed by atoms with E-state index in [0.29, 0.717) is 17.3 Å². The molecule has 0 aliphatic rings. The Kier molecular flexibility index (Phi) is 5.37. The van der Waals surface area contributed by atoms with Crippen molar-refractivity contribution in [3.05, 3.63) is 51.0 Å². The molecule has 0 fully saturated rings. The maximum Gasteiger partial charge on any atom is 0.143 e. The molecule has 0 atom stereocenters. The lowest BCUT2D eigenvalue weighted by atomic mass is 10.1. The van der Waals surface area contributed by atoms with Gasteiger partial charge in [-0.3, -0.25) is 0 Å². The molecule has 0 aromatic heterocycles. The van der Waals surface area contributed by atoms with Gasteiger partial charge in [-0.1, -0.05) is 33.6 Å². The molecule has 0 aliphatic carbocycles. The van der Waals surface area contributed by atoms with Crippen molar-refractivity contribution in [2.45, 2.75) is 13.5 Å². The zero-order valence-corrected chi connectivity index (χ0v) is 14.5. The number of rotatable bonds is 5. The van der Waals surface area contributed by atoms with Crippen LogP contribution in [0.25, 0.3) is 0 Å². The molecular weight excluding hydrogens is 354 g/mol. The maximum atomic E-state index is 6.14. The van der Waals surface area contributed by atoms with E-state index >= 15 is 0 Å². The molecule has 0 saturated carbocycles. The summed E-state index contributed by atoms with van der Waals surface area (Å²) in [6.45, 7) is 2.69. The smallest absolute Gasteiger partial charge is 0.143 e. The van der Waals surface area contributed by atoms with Gasteiger partial charge in [0.05, 0.1) is 24.9 Å². The fourth-order valence-electron chi connectivity index (χ4n) is 2.11. The molecule has 0 saturated heterocycles. The third kappa shape index (κ3) is 3.83. The average molecular weight is 371 g/mol. The molecule has 21 heavy (non-hydrogen) atoms. The SMILES string of the molecule is COc1ccc(CNc2c(C)cc(Br)cc2OC)cc1Cl. The second-order valence-corrected chi connectivity index (χ2v) is 5.95. The van der Waals surface area contributed by atoms with Gasteiger partial charge in [-0.2, -0.15) is 0 Å². The first-order valence-corrected chi connectivity index (χ1v) is 7.62. The van der Waals surface area contributed by atoms with E-state index in [1.54, 1.807) is 14.2 Å². The Labute approximate surface area is 138 Å². The van der Waals surface area contributed by atoms with E-state index in [4.69, 9.17) is 21.1 Å². The van der Waals surface area contributed by atoms with Gasteiger partial charge in [-0.15, -0.1) is 0 Å². The van der Waals surface area contributed by atoms with E-state index < -0.39 is 0 Å². The standard InChI is InChI=1S/C16H17BrClNO2/c1-10-6-12(17)8-15(21-3)16(10)19-9-11-4-5-14(20-2)13(18)7-11/h4-8,19H,9H2,1-3H3. The van der Waals surface area contributed by atoms with E-state index in [-0.39, 0.29) is 0 Å². The fourth-order valence-corrected chi connectivity index (χ4v) is 2.94. The normalized spacial score (nSPS) is 10.3. The molecule has 3 nitrogen and oxygen atoms in total. The molecular formula is C16H17BrClNO2. The van der Waals surface area contributed by atoms with Crippen LogP contribution in [0.1, 0.15) is 11.1 Å². The minimum Gasteiger partial charge on any atom is -0.495 e. The topological polar surface area (TPSA) is 30.5 Å². The summed E-state index contributed by atoms with van der Waals surface area (Å²) < 4.78 is 11.6. The van der Waals surface area contributed by atoms with Gasteiger partial charge < -0.3 is 14.8 Å². The highest BCUT2D eigenvalue weighted by Crippen LogP contribution is 2.33. The summed E-state index contributed by atoms with van der Waals surface area (Å²) >= 11 is 9.61. The van der Waals surface area contributed by atoms with Crippen molar-refractivity contribution in [3.63, 3.8) is 0 Å². The molecule has 0 aliphatic heterocycles. The lowest BCUT2D eigenvalue weighted by Crippen LogP contribution is -2.03. The Bertz CT molecular complexity index is 646. The highest BCUT2D eigenvalue weighted by Gasteiger charge is 2.08. The van der Waals surface area contributed by atoms with Crippen LogP contribution in [0.3, 0.4) is 0 Å². The molecule has 0 bridgehead atoms. The second kappa shape index (κ2) is 7.05. The van der Waals surface area contributed by atoms with Crippen LogP contribution in [-0.4, -0.2) is 14.2 Å². The van der Waals surface area contributed by atoms with Gasteiger partial charge in [0.1, 0.15) is 11.5 Å². The largest absolute Gasteiger partial charge is 0.495 e. The zero-order valence-electron chi connectivity index (χ0n) is 12.2. The highest BCUT2D eigenvalue weighted by molar-refractivity contribution is 9.10. The quantitative estimate of drug-likeness (QED) is 0.800. The molecule has 0 amide bonds. The van der Waals surface area contributed by atoms with Crippen molar-refractivity contribution in [1.82, 2.24) is 0 Å². The third-order valence-corrected chi connectivity index (χ3v) is 3.92. The minimum absolute atomic E-state index is 0.608. The predicted molar refractivity (Wildman–Crippen MR) is 90.8 cm³/mol. The van der Waals surface area contributed by atoms with Crippen LogP contribution in [0, 0.1) is 6.92 Å². The van der Waals surface area contributed by atoms with Crippen molar-refractivity contribution < 1.29 is 9.47 Å². The summed E-state index contributed by atoms with van der Waals surface area (Å²) in [5.41, 5.74) is 3.17. The fraction of sp³-hybridized carbons (Fsp3) is 0.250. The summed E-state index contributed by atoms with van der Waals surface area (Å²) in [7, 11) is 3.27. The van der Waals surface area contributed by atoms with E-state index in [1.807, 2.05) is 37.3 Å². The molecule has 2 aromatic rings. The predicted octanol–water partition coefficient (Wildman–Crippen LogP) is 5.04. The van der Waals surface area contributed by atoms with Crippen molar-refractivity contribution in [3.8, 4) is 11.5 Å². The number of halogens is 2. The van der Waals surface area contributed by atoms with Crippen LogP contribution >= 0.6 is 27.5 Å². The van der Waals surface area contributed by atoms with Crippen molar-refractivity contribution in [2.75, 3.05) is 19.5 Å². The third-order valence-electron chi connectivity index (χ3n) is 3.17. The van der Waals surface area contributed by atoms with Crippen LogP contribution in [-0.2, 0) is 6.54 Å². The lowest BCUT2D eigenvalue weighted by Gasteiger charge is -2.15. The van der Waals surface area contributed by atoms with Gasteiger partial charge in [0.2, 0.25) is 0 Å².